The molecule has 0 fully saturated rings. The largest absolute Gasteiger partial charge is 0.493 e. The fourth-order valence-corrected chi connectivity index (χ4v) is 3.79. The van der Waals surface area contributed by atoms with Gasteiger partial charge in [-0.15, -0.1) is 11.8 Å². The van der Waals surface area contributed by atoms with Crippen LogP contribution >= 0.6 is 11.8 Å². The molecular formula is C25H40N6O3S. The Bertz CT molecular complexity index is 916. The normalized spacial score (nSPS) is 11.9. The number of amides is 1. The van der Waals surface area contributed by atoms with Crippen LogP contribution in [0.15, 0.2) is 46.2 Å². The molecule has 0 heterocycles. The molecule has 10 heteroatoms. The van der Waals surface area contributed by atoms with E-state index < -0.39 is 0 Å². The van der Waals surface area contributed by atoms with Gasteiger partial charge in [-0.1, -0.05) is 31.9 Å². The van der Waals surface area contributed by atoms with Gasteiger partial charge in [-0.2, -0.15) is 5.10 Å². The fourth-order valence-electron chi connectivity index (χ4n) is 3.21. The zero-order valence-corrected chi connectivity index (χ0v) is 22.6. The van der Waals surface area contributed by atoms with Gasteiger partial charge in [0.2, 0.25) is 5.91 Å². The third-order valence-electron chi connectivity index (χ3n) is 5.26. The summed E-state index contributed by atoms with van der Waals surface area (Å²) in [6.45, 7) is 2.77. The molecule has 0 radical (unpaired) electrons. The molecule has 0 saturated carbocycles. The van der Waals surface area contributed by atoms with Crippen LogP contribution in [-0.2, 0) is 11.2 Å². The van der Waals surface area contributed by atoms with E-state index in [1.54, 1.807) is 57.1 Å². The van der Waals surface area contributed by atoms with Crippen LogP contribution in [0.5, 0.6) is 11.5 Å². The van der Waals surface area contributed by atoms with Crippen molar-refractivity contribution in [3.63, 3.8) is 0 Å². The lowest BCUT2D eigenvalue weighted by molar-refractivity contribution is -0.124. The molecule has 35 heavy (non-hydrogen) atoms. The van der Waals surface area contributed by atoms with E-state index in [0.717, 1.165) is 31.2 Å². The van der Waals surface area contributed by atoms with Crippen molar-refractivity contribution in [1.82, 2.24) is 15.2 Å². The average molecular weight is 505 g/mol. The summed E-state index contributed by atoms with van der Waals surface area (Å²) in [6, 6.07) is 5.43. The van der Waals surface area contributed by atoms with Crippen molar-refractivity contribution < 1.29 is 14.3 Å². The summed E-state index contributed by atoms with van der Waals surface area (Å²) in [5, 5.41) is 17.0. The van der Waals surface area contributed by atoms with Crippen LogP contribution in [0.4, 0.5) is 0 Å². The molecule has 0 aliphatic rings. The van der Waals surface area contributed by atoms with Crippen LogP contribution in [0.1, 0.15) is 38.2 Å². The van der Waals surface area contributed by atoms with Crippen molar-refractivity contribution in [1.29, 1.82) is 5.41 Å². The smallest absolute Gasteiger partial charge is 0.250 e. The molecule has 1 aromatic rings. The number of hydrogen-bond donors (Lipinski definition) is 3. The van der Waals surface area contributed by atoms with E-state index in [9.17, 15) is 4.79 Å². The molecule has 1 aromatic carbocycles. The zero-order valence-electron chi connectivity index (χ0n) is 21.8. The number of allylic oxidation sites excluding steroid dienone is 1. The predicted octanol–water partition coefficient (Wildman–Crippen LogP) is 3.77. The van der Waals surface area contributed by atoms with Gasteiger partial charge in [0.05, 0.1) is 14.2 Å². The first-order valence-electron chi connectivity index (χ1n) is 11.5. The number of benzene rings is 1. The topological polar surface area (TPSA) is 116 Å². The third-order valence-corrected chi connectivity index (χ3v) is 6.16. The Balaban J connectivity index is 2.97. The number of nitrogens with zero attached hydrogens (tertiary/aromatic N) is 3. The molecule has 0 spiro atoms. The number of ether oxygens (including phenoxy) is 2. The number of nitrogens with one attached hydrogen (secondary N) is 2. The minimum Gasteiger partial charge on any atom is -0.493 e. The Labute approximate surface area is 213 Å². The van der Waals surface area contributed by atoms with E-state index in [4.69, 9.17) is 20.6 Å². The summed E-state index contributed by atoms with van der Waals surface area (Å²) in [6.07, 6.45) is 11.3. The van der Waals surface area contributed by atoms with Gasteiger partial charge in [0.25, 0.3) is 0 Å². The quantitative estimate of drug-likeness (QED) is 0.109. The van der Waals surface area contributed by atoms with Crippen LogP contribution in [0.3, 0.4) is 0 Å². The van der Waals surface area contributed by atoms with Gasteiger partial charge in [0, 0.05) is 33.1 Å². The number of likely N-dealkylation sites (N-methyl/N-ethyl adjacent to an activating group) is 1. The molecule has 0 atom stereocenters. The van der Waals surface area contributed by atoms with Crippen LogP contribution in [0.25, 0.3) is 0 Å². The first-order valence-corrected chi connectivity index (χ1v) is 12.8. The molecule has 0 bridgehead atoms. The van der Waals surface area contributed by atoms with Gasteiger partial charge < -0.3 is 25.4 Å². The minimum absolute atomic E-state index is 0.124. The Morgan fingerprint density at radius 2 is 2.00 bits per heavy atom. The highest BCUT2D eigenvalue weighted by Gasteiger charge is 2.18. The van der Waals surface area contributed by atoms with Gasteiger partial charge in [0.1, 0.15) is 18.0 Å². The van der Waals surface area contributed by atoms with Gasteiger partial charge in [-0.25, -0.2) is 5.01 Å². The number of methoxy groups -OCH3 is 2. The number of nitrogens with two attached hydrogens (primary N) is 1. The van der Waals surface area contributed by atoms with Crippen molar-refractivity contribution in [3.05, 3.63) is 46.6 Å². The minimum atomic E-state index is -0.195. The Kier molecular flexibility index (Phi) is 14.1. The van der Waals surface area contributed by atoms with E-state index in [2.05, 4.69) is 29.7 Å². The number of thioether (sulfide) groups is 1. The standard InChI is InChI=1S/C25H40N6O3S/c1-7-8-9-10-20(35-6)13-14-30(3)25(32)17-24(28-2)31(29-18-26)23(27)16-19-11-12-21(33-4)22(15-19)34-5/h10-12,15,17-18,27-28H,7-9,13-14,16H2,1-6H3,(H2,26,29)/b20-10-,24-17+,27-23?. The SMILES string of the molecule is CCCC/C=C(/CCN(C)C(=O)/C=C(\NC)N(/N=C/N)C(=N)Cc1ccc(OC)c(OC)c1)SC. The highest BCUT2D eigenvalue weighted by molar-refractivity contribution is 8.02. The second kappa shape index (κ2) is 16.5. The summed E-state index contributed by atoms with van der Waals surface area (Å²) in [4.78, 5) is 15.8. The number of carbonyl (C=O) groups is 1. The Morgan fingerprint density at radius 1 is 1.29 bits per heavy atom. The summed E-state index contributed by atoms with van der Waals surface area (Å²) < 4.78 is 10.6. The second-order valence-electron chi connectivity index (χ2n) is 7.70. The zero-order chi connectivity index (χ0) is 26.2. The van der Waals surface area contributed by atoms with E-state index in [1.165, 1.54) is 22.4 Å². The highest BCUT2D eigenvalue weighted by atomic mass is 32.2. The number of unbranched alkanes of at least 4 members (excludes halogenated alkanes) is 2. The van der Waals surface area contributed by atoms with Crippen molar-refractivity contribution in [2.24, 2.45) is 10.8 Å². The highest BCUT2D eigenvalue weighted by Crippen LogP contribution is 2.28. The predicted molar refractivity (Wildman–Crippen MR) is 146 cm³/mol. The van der Waals surface area contributed by atoms with E-state index in [-0.39, 0.29) is 18.2 Å². The number of carbonyl (C=O) groups excluding carboxylic acids is 1. The van der Waals surface area contributed by atoms with Crippen LogP contribution in [0.2, 0.25) is 0 Å². The van der Waals surface area contributed by atoms with Gasteiger partial charge in [-0.05, 0) is 41.7 Å². The lowest BCUT2D eigenvalue weighted by Crippen LogP contribution is -2.35. The maximum absolute atomic E-state index is 12.9. The molecule has 0 aromatic heterocycles. The van der Waals surface area contributed by atoms with Gasteiger partial charge >= 0.3 is 0 Å². The number of amidine groups is 1. The molecule has 0 aliphatic heterocycles. The maximum Gasteiger partial charge on any atom is 0.250 e. The summed E-state index contributed by atoms with van der Waals surface area (Å²) >= 11 is 1.72. The average Bonchev–Trinajstić information content (AvgIpc) is 2.87. The summed E-state index contributed by atoms with van der Waals surface area (Å²) in [5.41, 5.74) is 6.37. The van der Waals surface area contributed by atoms with Crippen molar-refractivity contribution in [2.75, 3.05) is 41.1 Å². The van der Waals surface area contributed by atoms with Crippen molar-refractivity contribution >= 4 is 29.8 Å². The first kappa shape index (κ1) is 29.9. The molecule has 1 amide bonds. The van der Waals surface area contributed by atoms with Gasteiger partial charge in [0.15, 0.2) is 11.5 Å². The molecule has 1 rings (SSSR count). The first-order chi connectivity index (χ1) is 16.8. The summed E-state index contributed by atoms with van der Waals surface area (Å²) in [7, 11) is 6.57. The van der Waals surface area contributed by atoms with E-state index in [0.29, 0.717) is 23.9 Å². The third kappa shape index (κ3) is 9.94. The molecule has 0 saturated heterocycles. The number of hydrazone groups is 1. The van der Waals surface area contributed by atoms with E-state index in [1.807, 2.05) is 6.07 Å². The van der Waals surface area contributed by atoms with Crippen molar-refractivity contribution in [2.45, 2.75) is 39.0 Å². The lowest BCUT2D eigenvalue weighted by Gasteiger charge is -2.23. The van der Waals surface area contributed by atoms with Gasteiger partial charge in [-0.3, -0.25) is 10.2 Å². The Hall–Kier alpha value is -3.14. The Morgan fingerprint density at radius 3 is 2.57 bits per heavy atom. The van der Waals surface area contributed by atoms with E-state index >= 15 is 0 Å². The molecular weight excluding hydrogens is 464 g/mol. The summed E-state index contributed by atoms with van der Waals surface area (Å²) in [5.74, 6) is 1.45. The lowest BCUT2D eigenvalue weighted by atomic mass is 10.1. The molecule has 9 nitrogen and oxygen atoms in total. The monoisotopic (exact) mass is 504 g/mol. The van der Waals surface area contributed by atoms with Crippen LogP contribution in [0, 0.1) is 5.41 Å². The molecule has 0 aliphatic carbocycles. The fraction of sp³-hybridized carbons (Fsp3) is 0.480. The second-order valence-corrected chi connectivity index (χ2v) is 8.63. The number of rotatable bonds is 15. The maximum atomic E-state index is 12.9. The molecule has 0 unspecified atom stereocenters. The van der Waals surface area contributed by atoms with Crippen LogP contribution in [-0.4, -0.2) is 69.1 Å². The van der Waals surface area contributed by atoms with Crippen molar-refractivity contribution in [3.8, 4) is 11.5 Å². The molecule has 4 N–H and O–H groups in total. The van der Waals surface area contributed by atoms with Crippen LogP contribution < -0.4 is 20.5 Å². The number of hydrogen-bond acceptors (Lipinski definition) is 7. The molecule has 194 valence electrons.